The molecule has 1 heteroatoms. The lowest BCUT2D eigenvalue weighted by Gasteiger charge is -2.28. The van der Waals surface area contributed by atoms with Crippen LogP contribution >= 0.6 is 0 Å². The van der Waals surface area contributed by atoms with Gasteiger partial charge in [-0.1, -0.05) is 13.8 Å². The van der Waals surface area contributed by atoms with Gasteiger partial charge in [-0.15, -0.1) is 0 Å². The summed E-state index contributed by atoms with van der Waals surface area (Å²) in [7, 11) is 0. The van der Waals surface area contributed by atoms with Crippen molar-refractivity contribution in [1.82, 2.24) is 4.90 Å². The van der Waals surface area contributed by atoms with Crippen LogP contribution in [-0.2, 0) is 0 Å². The van der Waals surface area contributed by atoms with E-state index in [0.29, 0.717) is 0 Å². The number of likely N-dealkylation sites (tertiary alicyclic amines) is 1. The Balaban J connectivity index is 2.18. The topological polar surface area (TPSA) is 3.24 Å². The second-order valence-corrected chi connectivity index (χ2v) is 2.88. The molecular formula is C8H16N. The fourth-order valence-electron chi connectivity index (χ4n) is 1.30. The quantitative estimate of drug-likeness (QED) is 0.515. The maximum atomic E-state index is 4.04. The molecule has 0 spiro atoms. The molecule has 9 heavy (non-hydrogen) atoms. The Morgan fingerprint density at radius 2 is 2.00 bits per heavy atom. The normalized spacial score (nSPS) is 24.7. The SMILES string of the molecule is [CH2]C1CCN(CC)CC1. The van der Waals surface area contributed by atoms with E-state index in [1.54, 1.807) is 0 Å². The number of hydrogen-bond acceptors (Lipinski definition) is 1. The van der Waals surface area contributed by atoms with Gasteiger partial charge in [0, 0.05) is 0 Å². The van der Waals surface area contributed by atoms with Crippen LogP contribution in [0, 0.1) is 12.8 Å². The Morgan fingerprint density at radius 3 is 2.44 bits per heavy atom. The summed E-state index contributed by atoms with van der Waals surface area (Å²) < 4.78 is 0. The molecular weight excluding hydrogens is 110 g/mol. The van der Waals surface area contributed by atoms with Crippen molar-refractivity contribution in [1.29, 1.82) is 0 Å². The summed E-state index contributed by atoms with van der Waals surface area (Å²) in [5.74, 6) is 0.729. The van der Waals surface area contributed by atoms with Gasteiger partial charge in [0.05, 0.1) is 0 Å². The van der Waals surface area contributed by atoms with Gasteiger partial charge in [-0.25, -0.2) is 0 Å². The molecule has 0 saturated carbocycles. The molecule has 1 fully saturated rings. The second kappa shape index (κ2) is 3.21. The van der Waals surface area contributed by atoms with Crippen molar-refractivity contribution in [2.24, 2.45) is 5.92 Å². The lowest BCUT2D eigenvalue weighted by Crippen LogP contribution is -2.32. The monoisotopic (exact) mass is 126 g/mol. The highest BCUT2D eigenvalue weighted by atomic mass is 15.1. The minimum absolute atomic E-state index is 0.729. The van der Waals surface area contributed by atoms with Crippen molar-refractivity contribution in [3.63, 3.8) is 0 Å². The third kappa shape index (κ3) is 1.98. The van der Waals surface area contributed by atoms with E-state index < -0.39 is 0 Å². The predicted molar refractivity (Wildman–Crippen MR) is 40.2 cm³/mol. The zero-order chi connectivity index (χ0) is 6.69. The Kier molecular flexibility index (Phi) is 2.52. The molecule has 1 nitrogen and oxygen atoms in total. The maximum absolute atomic E-state index is 4.04. The van der Waals surface area contributed by atoms with Crippen LogP contribution < -0.4 is 0 Å². The van der Waals surface area contributed by atoms with E-state index in [0.717, 1.165) is 5.92 Å². The van der Waals surface area contributed by atoms with Gasteiger partial charge in [-0.3, -0.25) is 0 Å². The fraction of sp³-hybridized carbons (Fsp3) is 0.875. The molecule has 0 unspecified atom stereocenters. The number of hydrogen-bond donors (Lipinski definition) is 0. The molecule has 1 saturated heterocycles. The van der Waals surface area contributed by atoms with E-state index in [-0.39, 0.29) is 0 Å². The van der Waals surface area contributed by atoms with Crippen LogP contribution in [0.2, 0.25) is 0 Å². The van der Waals surface area contributed by atoms with Crippen LogP contribution in [0.15, 0.2) is 0 Å². The first-order valence-electron chi connectivity index (χ1n) is 3.88. The first kappa shape index (κ1) is 7.07. The summed E-state index contributed by atoms with van der Waals surface area (Å²) in [6, 6.07) is 0. The summed E-state index contributed by atoms with van der Waals surface area (Å²) in [6.45, 7) is 10.0. The van der Waals surface area contributed by atoms with E-state index >= 15 is 0 Å². The minimum Gasteiger partial charge on any atom is -0.304 e. The molecule has 0 aliphatic carbocycles. The molecule has 1 aliphatic rings. The van der Waals surface area contributed by atoms with Gasteiger partial charge < -0.3 is 4.90 Å². The largest absolute Gasteiger partial charge is 0.304 e. The molecule has 0 N–H and O–H groups in total. The fourth-order valence-corrected chi connectivity index (χ4v) is 1.30. The summed E-state index contributed by atoms with van der Waals surface area (Å²) in [6.07, 6.45) is 2.60. The van der Waals surface area contributed by atoms with E-state index in [2.05, 4.69) is 18.7 Å². The lowest BCUT2D eigenvalue weighted by molar-refractivity contribution is 0.212. The van der Waals surface area contributed by atoms with Gasteiger partial charge in [0.25, 0.3) is 0 Å². The van der Waals surface area contributed by atoms with E-state index in [1.807, 2.05) is 0 Å². The van der Waals surface area contributed by atoms with Crippen LogP contribution in [0.3, 0.4) is 0 Å². The minimum atomic E-state index is 0.729. The summed E-state index contributed by atoms with van der Waals surface area (Å²) in [5.41, 5.74) is 0. The van der Waals surface area contributed by atoms with Gasteiger partial charge in [-0.05, 0) is 38.4 Å². The first-order chi connectivity index (χ1) is 4.33. The van der Waals surface area contributed by atoms with E-state index in [1.165, 1.54) is 32.5 Å². The van der Waals surface area contributed by atoms with Crippen LogP contribution in [-0.4, -0.2) is 24.5 Å². The first-order valence-corrected chi connectivity index (χ1v) is 3.88. The predicted octanol–water partition coefficient (Wildman–Crippen LogP) is 1.55. The molecule has 0 amide bonds. The van der Waals surface area contributed by atoms with Gasteiger partial charge in [-0.2, -0.15) is 0 Å². The van der Waals surface area contributed by atoms with Crippen LogP contribution in [0.5, 0.6) is 0 Å². The smallest absolute Gasteiger partial charge is 0.00162 e. The van der Waals surface area contributed by atoms with Crippen molar-refractivity contribution in [2.45, 2.75) is 19.8 Å². The Bertz CT molecular complexity index is 72.6. The Hall–Kier alpha value is -0.0400. The summed E-state index contributed by atoms with van der Waals surface area (Å²) in [5, 5.41) is 0. The molecule has 0 bridgehead atoms. The molecule has 0 atom stereocenters. The average Bonchev–Trinajstić information content (AvgIpc) is 1.90. The molecule has 0 aromatic carbocycles. The molecule has 1 radical (unpaired) electrons. The maximum Gasteiger partial charge on any atom is -0.00162 e. The molecule has 53 valence electrons. The van der Waals surface area contributed by atoms with Crippen molar-refractivity contribution >= 4 is 0 Å². The zero-order valence-corrected chi connectivity index (χ0v) is 6.27. The van der Waals surface area contributed by atoms with Crippen LogP contribution in [0.25, 0.3) is 0 Å². The van der Waals surface area contributed by atoms with Crippen molar-refractivity contribution < 1.29 is 0 Å². The lowest BCUT2D eigenvalue weighted by atomic mass is 9.99. The molecule has 0 aromatic rings. The molecule has 1 rings (SSSR count). The van der Waals surface area contributed by atoms with Gasteiger partial charge >= 0.3 is 0 Å². The molecule has 1 aliphatic heterocycles. The number of piperidine rings is 1. The molecule has 0 aromatic heterocycles. The van der Waals surface area contributed by atoms with Crippen molar-refractivity contribution in [3.05, 3.63) is 6.92 Å². The second-order valence-electron chi connectivity index (χ2n) is 2.88. The standard InChI is InChI=1S/C8H16N/c1-3-9-6-4-8(2)5-7-9/h8H,2-7H2,1H3. The van der Waals surface area contributed by atoms with E-state index in [4.69, 9.17) is 0 Å². The summed E-state index contributed by atoms with van der Waals surface area (Å²) >= 11 is 0. The van der Waals surface area contributed by atoms with Gasteiger partial charge in [0.2, 0.25) is 0 Å². The number of nitrogens with zero attached hydrogens (tertiary/aromatic N) is 1. The third-order valence-corrected chi connectivity index (χ3v) is 2.15. The molecule has 1 heterocycles. The van der Waals surface area contributed by atoms with Crippen LogP contribution in [0.4, 0.5) is 0 Å². The zero-order valence-electron chi connectivity index (χ0n) is 6.27. The highest BCUT2D eigenvalue weighted by molar-refractivity contribution is 4.71. The van der Waals surface area contributed by atoms with Crippen molar-refractivity contribution in [3.8, 4) is 0 Å². The highest BCUT2D eigenvalue weighted by Gasteiger charge is 2.12. The Labute approximate surface area is 58.0 Å². The highest BCUT2D eigenvalue weighted by Crippen LogP contribution is 2.14. The average molecular weight is 126 g/mol. The third-order valence-electron chi connectivity index (χ3n) is 2.15. The summed E-state index contributed by atoms with van der Waals surface area (Å²) in [4.78, 5) is 2.49. The Morgan fingerprint density at radius 1 is 1.44 bits per heavy atom. The van der Waals surface area contributed by atoms with Gasteiger partial charge in [0.15, 0.2) is 0 Å². The van der Waals surface area contributed by atoms with Crippen LogP contribution in [0.1, 0.15) is 19.8 Å². The van der Waals surface area contributed by atoms with Gasteiger partial charge in [0.1, 0.15) is 0 Å². The van der Waals surface area contributed by atoms with E-state index in [9.17, 15) is 0 Å². The van der Waals surface area contributed by atoms with Crippen molar-refractivity contribution in [2.75, 3.05) is 19.6 Å². The number of rotatable bonds is 1.